The van der Waals surface area contributed by atoms with Gasteiger partial charge in [0.25, 0.3) is 0 Å². The number of aryl methyl sites for hydroxylation is 1. The molecule has 12 heavy (non-hydrogen) atoms. The van der Waals surface area contributed by atoms with E-state index in [1.54, 1.807) is 0 Å². The van der Waals surface area contributed by atoms with E-state index in [2.05, 4.69) is 6.07 Å². The quantitative estimate of drug-likeness (QED) is 0.710. The minimum absolute atomic E-state index is 0.0325. The van der Waals surface area contributed by atoms with Crippen LogP contribution in [0.5, 0.6) is 0 Å². The molecule has 0 spiro atoms. The molecule has 0 aliphatic heterocycles. The van der Waals surface area contributed by atoms with E-state index < -0.39 is 0 Å². The Labute approximate surface area is 73.0 Å². The summed E-state index contributed by atoms with van der Waals surface area (Å²) in [7, 11) is 0. The van der Waals surface area contributed by atoms with Crippen molar-refractivity contribution >= 4 is 0 Å². The first-order valence-electron chi connectivity index (χ1n) is 4.17. The summed E-state index contributed by atoms with van der Waals surface area (Å²) in [6.45, 7) is 2.18. The molecule has 1 rings (SSSR count). The van der Waals surface area contributed by atoms with Crippen LogP contribution in [0.25, 0.3) is 0 Å². The van der Waals surface area contributed by atoms with Crippen molar-refractivity contribution < 1.29 is 5.11 Å². The van der Waals surface area contributed by atoms with Crippen LogP contribution in [0, 0.1) is 6.92 Å². The molecule has 66 valence electrons. The number of hydrogen-bond acceptors (Lipinski definition) is 2. The number of rotatable bonds is 3. The molecule has 0 heterocycles. The van der Waals surface area contributed by atoms with E-state index in [-0.39, 0.29) is 12.6 Å². The third-order valence-corrected chi connectivity index (χ3v) is 1.91. The molecule has 0 bridgehead atoms. The zero-order valence-corrected chi connectivity index (χ0v) is 7.33. The Hall–Kier alpha value is -0.860. The number of benzene rings is 1. The van der Waals surface area contributed by atoms with Gasteiger partial charge in [-0.15, -0.1) is 0 Å². The van der Waals surface area contributed by atoms with E-state index in [1.165, 1.54) is 5.56 Å². The fraction of sp³-hybridized carbons (Fsp3) is 0.400. The van der Waals surface area contributed by atoms with E-state index in [0.717, 1.165) is 5.56 Å². The van der Waals surface area contributed by atoms with Crippen LogP contribution in [0.2, 0.25) is 0 Å². The Balaban J connectivity index is 2.73. The van der Waals surface area contributed by atoms with Crippen LogP contribution < -0.4 is 5.73 Å². The Morgan fingerprint density at radius 1 is 1.50 bits per heavy atom. The molecule has 1 aromatic rings. The summed E-state index contributed by atoms with van der Waals surface area (Å²) < 4.78 is 0. The second-order valence-electron chi connectivity index (χ2n) is 3.03. The molecular formula is C10H15NO. The van der Waals surface area contributed by atoms with Gasteiger partial charge in [0.1, 0.15) is 0 Å². The van der Waals surface area contributed by atoms with Crippen LogP contribution in [0.3, 0.4) is 0 Å². The SMILES string of the molecule is Cc1cccc([C@@H](N)CCO)c1. The molecule has 0 saturated carbocycles. The fourth-order valence-electron chi connectivity index (χ4n) is 1.21. The highest BCUT2D eigenvalue weighted by Gasteiger charge is 2.03. The molecule has 0 aliphatic carbocycles. The van der Waals surface area contributed by atoms with Gasteiger partial charge >= 0.3 is 0 Å². The normalized spacial score (nSPS) is 12.9. The van der Waals surface area contributed by atoms with Crippen molar-refractivity contribution in [3.8, 4) is 0 Å². The molecular weight excluding hydrogens is 150 g/mol. The molecule has 2 nitrogen and oxygen atoms in total. The molecule has 0 radical (unpaired) electrons. The Morgan fingerprint density at radius 2 is 2.25 bits per heavy atom. The van der Waals surface area contributed by atoms with Gasteiger partial charge in [0.05, 0.1) is 0 Å². The maximum Gasteiger partial charge on any atom is 0.0449 e. The standard InChI is InChI=1S/C10H15NO/c1-8-3-2-4-9(7-8)10(11)5-6-12/h2-4,7,10,12H,5-6,11H2,1H3/t10-/m0/s1. The highest BCUT2D eigenvalue weighted by Crippen LogP contribution is 2.14. The summed E-state index contributed by atoms with van der Waals surface area (Å²) in [6, 6.07) is 8.04. The summed E-state index contributed by atoms with van der Waals surface area (Å²) in [5.74, 6) is 0. The molecule has 0 aliphatic rings. The molecule has 1 atom stereocenters. The van der Waals surface area contributed by atoms with Gasteiger partial charge in [-0.3, -0.25) is 0 Å². The van der Waals surface area contributed by atoms with Crippen LogP contribution in [0.15, 0.2) is 24.3 Å². The molecule has 2 heteroatoms. The van der Waals surface area contributed by atoms with Gasteiger partial charge in [-0.2, -0.15) is 0 Å². The van der Waals surface area contributed by atoms with E-state index >= 15 is 0 Å². The van der Waals surface area contributed by atoms with Crippen LogP contribution in [-0.2, 0) is 0 Å². The van der Waals surface area contributed by atoms with E-state index in [9.17, 15) is 0 Å². The average molecular weight is 165 g/mol. The van der Waals surface area contributed by atoms with E-state index in [4.69, 9.17) is 10.8 Å². The summed E-state index contributed by atoms with van der Waals surface area (Å²) in [5, 5.41) is 8.69. The van der Waals surface area contributed by atoms with Crippen molar-refractivity contribution in [1.29, 1.82) is 0 Å². The topological polar surface area (TPSA) is 46.2 Å². The number of nitrogens with two attached hydrogens (primary N) is 1. The summed E-state index contributed by atoms with van der Waals surface area (Å²) >= 11 is 0. The monoisotopic (exact) mass is 165 g/mol. The van der Waals surface area contributed by atoms with Gasteiger partial charge in [-0.1, -0.05) is 29.8 Å². The van der Waals surface area contributed by atoms with Crippen molar-refractivity contribution in [2.45, 2.75) is 19.4 Å². The van der Waals surface area contributed by atoms with Gasteiger partial charge in [0.2, 0.25) is 0 Å². The molecule has 0 unspecified atom stereocenters. The zero-order chi connectivity index (χ0) is 8.97. The Morgan fingerprint density at radius 3 is 2.83 bits per heavy atom. The molecule has 1 aromatic carbocycles. The molecule has 0 aromatic heterocycles. The van der Waals surface area contributed by atoms with Gasteiger partial charge in [-0.05, 0) is 18.9 Å². The molecule has 0 fully saturated rings. The first kappa shape index (κ1) is 9.23. The summed E-state index contributed by atoms with van der Waals surface area (Å²) in [6.07, 6.45) is 0.628. The molecule has 0 saturated heterocycles. The van der Waals surface area contributed by atoms with Crippen molar-refractivity contribution in [2.24, 2.45) is 5.73 Å². The van der Waals surface area contributed by atoms with Crippen LogP contribution >= 0.6 is 0 Å². The predicted octanol–water partition coefficient (Wildman–Crippen LogP) is 1.38. The first-order chi connectivity index (χ1) is 5.74. The van der Waals surface area contributed by atoms with Crippen molar-refractivity contribution in [2.75, 3.05) is 6.61 Å². The van der Waals surface area contributed by atoms with Gasteiger partial charge in [-0.25, -0.2) is 0 Å². The van der Waals surface area contributed by atoms with Crippen LogP contribution in [0.4, 0.5) is 0 Å². The predicted molar refractivity (Wildman–Crippen MR) is 49.8 cm³/mol. The lowest BCUT2D eigenvalue weighted by Gasteiger charge is -2.10. The summed E-state index contributed by atoms with van der Waals surface area (Å²) in [4.78, 5) is 0. The lowest BCUT2D eigenvalue weighted by Crippen LogP contribution is -2.11. The second-order valence-corrected chi connectivity index (χ2v) is 3.03. The van der Waals surface area contributed by atoms with Crippen LogP contribution in [0.1, 0.15) is 23.6 Å². The lowest BCUT2D eigenvalue weighted by molar-refractivity contribution is 0.276. The van der Waals surface area contributed by atoms with Gasteiger partial charge in [0, 0.05) is 12.6 Å². The smallest absolute Gasteiger partial charge is 0.0449 e. The number of hydrogen-bond donors (Lipinski definition) is 2. The average Bonchev–Trinajstić information content (AvgIpc) is 2.05. The third kappa shape index (κ3) is 2.32. The first-order valence-corrected chi connectivity index (χ1v) is 4.17. The van der Waals surface area contributed by atoms with Crippen molar-refractivity contribution in [1.82, 2.24) is 0 Å². The number of aliphatic hydroxyl groups excluding tert-OH is 1. The highest BCUT2D eigenvalue weighted by atomic mass is 16.3. The Bertz CT molecular complexity index is 247. The third-order valence-electron chi connectivity index (χ3n) is 1.91. The minimum Gasteiger partial charge on any atom is -0.396 e. The maximum absolute atomic E-state index is 8.69. The fourth-order valence-corrected chi connectivity index (χ4v) is 1.21. The zero-order valence-electron chi connectivity index (χ0n) is 7.33. The van der Waals surface area contributed by atoms with Gasteiger partial charge < -0.3 is 10.8 Å². The largest absolute Gasteiger partial charge is 0.396 e. The van der Waals surface area contributed by atoms with Crippen molar-refractivity contribution in [3.63, 3.8) is 0 Å². The highest BCUT2D eigenvalue weighted by molar-refractivity contribution is 5.24. The van der Waals surface area contributed by atoms with E-state index in [1.807, 2.05) is 25.1 Å². The lowest BCUT2D eigenvalue weighted by atomic mass is 10.0. The minimum atomic E-state index is -0.0325. The number of aliphatic hydroxyl groups is 1. The maximum atomic E-state index is 8.69. The van der Waals surface area contributed by atoms with Crippen molar-refractivity contribution in [3.05, 3.63) is 35.4 Å². The Kier molecular flexibility index (Phi) is 3.26. The molecule has 3 N–H and O–H groups in total. The second kappa shape index (κ2) is 4.24. The summed E-state index contributed by atoms with van der Waals surface area (Å²) in [5.41, 5.74) is 8.12. The van der Waals surface area contributed by atoms with E-state index in [0.29, 0.717) is 6.42 Å². The van der Waals surface area contributed by atoms with Gasteiger partial charge in [0.15, 0.2) is 0 Å². The van der Waals surface area contributed by atoms with Crippen LogP contribution in [-0.4, -0.2) is 11.7 Å². The molecule has 0 amide bonds.